The van der Waals surface area contributed by atoms with Crippen LogP contribution in [-0.2, 0) is 10.0 Å². The Bertz CT molecular complexity index is 1090. The highest BCUT2D eigenvalue weighted by Gasteiger charge is 2.26. The van der Waals surface area contributed by atoms with Crippen molar-refractivity contribution in [2.75, 3.05) is 32.6 Å². The average Bonchev–Trinajstić information content (AvgIpc) is 3.20. The lowest BCUT2D eigenvalue weighted by atomic mass is 10.2. The highest BCUT2D eigenvalue weighted by atomic mass is 32.2. The van der Waals surface area contributed by atoms with Crippen LogP contribution in [0, 0.1) is 0 Å². The van der Waals surface area contributed by atoms with E-state index in [2.05, 4.69) is 4.98 Å². The van der Waals surface area contributed by atoms with Crippen molar-refractivity contribution in [2.24, 2.45) is 0 Å². The van der Waals surface area contributed by atoms with E-state index in [4.69, 9.17) is 13.9 Å². The number of benzene rings is 2. The van der Waals surface area contributed by atoms with E-state index in [0.717, 1.165) is 30.8 Å². The highest BCUT2D eigenvalue weighted by Crippen LogP contribution is 2.28. The first-order valence-electron chi connectivity index (χ1n) is 9.87. The first kappa shape index (κ1) is 21.0. The van der Waals surface area contributed by atoms with Gasteiger partial charge in [0.05, 0.1) is 18.6 Å². The molecule has 2 heterocycles. The lowest BCUT2D eigenvalue weighted by Gasteiger charge is -2.25. The van der Waals surface area contributed by atoms with Crippen LogP contribution in [0.5, 0.6) is 11.5 Å². The number of aromatic nitrogens is 1. The minimum Gasteiger partial charge on any atom is -0.497 e. The van der Waals surface area contributed by atoms with Crippen LogP contribution in [0.4, 0.5) is 0 Å². The second kappa shape index (κ2) is 9.28. The molecule has 1 fully saturated rings. The molecule has 30 heavy (non-hydrogen) atoms. The van der Waals surface area contributed by atoms with Gasteiger partial charge in [0.2, 0.25) is 10.0 Å². The molecule has 160 valence electrons. The summed E-state index contributed by atoms with van der Waals surface area (Å²) in [4.78, 5) is 4.71. The summed E-state index contributed by atoms with van der Waals surface area (Å²) in [6.07, 6.45) is 2.90. The Morgan fingerprint density at radius 3 is 2.53 bits per heavy atom. The molecule has 0 atom stereocenters. The summed E-state index contributed by atoms with van der Waals surface area (Å²) >= 11 is 1.43. The zero-order chi connectivity index (χ0) is 21.0. The second-order valence-corrected chi connectivity index (χ2v) is 9.93. The van der Waals surface area contributed by atoms with Crippen LogP contribution < -0.4 is 9.47 Å². The number of oxazole rings is 1. The molecule has 0 unspecified atom stereocenters. The highest BCUT2D eigenvalue weighted by molar-refractivity contribution is 7.99. The van der Waals surface area contributed by atoms with Crippen LogP contribution in [0.3, 0.4) is 0 Å². The first-order chi connectivity index (χ1) is 14.6. The van der Waals surface area contributed by atoms with E-state index in [9.17, 15) is 8.42 Å². The Kier molecular flexibility index (Phi) is 6.50. The standard InChI is InChI=1S/C21H24N2O5S2/c1-26-16-5-7-17(8-6-16)27-13-14-29-21-22-19-15-18(9-10-20(19)28-21)30(24,25)23-11-3-2-4-12-23/h5-10,15H,2-4,11-14H2,1H3. The predicted octanol–water partition coefficient (Wildman–Crippen LogP) is 4.18. The van der Waals surface area contributed by atoms with Gasteiger partial charge in [0.1, 0.15) is 17.0 Å². The molecule has 4 rings (SSSR count). The summed E-state index contributed by atoms with van der Waals surface area (Å²) in [5.74, 6) is 2.20. The molecule has 9 heteroatoms. The van der Waals surface area contributed by atoms with Crippen LogP contribution in [-0.4, -0.2) is 50.3 Å². The van der Waals surface area contributed by atoms with Gasteiger partial charge >= 0.3 is 0 Å². The van der Waals surface area contributed by atoms with E-state index in [1.807, 2.05) is 24.3 Å². The van der Waals surface area contributed by atoms with Crippen LogP contribution in [0.15, 0.2) is 57.0 Å². The summed E-state index contributed by atoms with van der Waals surface area (Å²) in [6, 6.07) is 12.3. The monoisotopic (exact) mass is 448 g/mol. The number of methoxy groups -OCH3 is 1. The predicted molar refractivity (Wildman–Crippen MR) is 116 cm³/mol. The maximum absolute atomic E-state index is 12.9. The summed E-state index contributed by atoms with van der Waals surface area (Å²) in [7, 11) is -1.86. The van der Waals surface area contributed by atoms with Crippen LogP contribution >= 0.6 is 11.8 Å². The van der Waals surface area contributed by atoms with Crippen molar-refractivity contribution in [2.45, 2.75) is 29.4 Å². The number of rotatable bonds is 8. The van der Waals surface area contributed by atoms with Gasteiger partial charge in [0, 0.05) is 18.8 Å². The van der Waals surface area contributed by atoms with Gasteiger partial charge in [0.15, 0.2) is 5.58 Å². The Hall–Kier alpha value is -2.23. The van der Waals surface area contributed by atoms with Crippen molar-refractivity contribution < 1.29 is 22.3 Å². The summed E-state index contributed by atoms with van der Waals surface area (Å²) < 4.78 is 43.8. The fraction of sp³-hybridized carbons (Fsp3) is 0.381. The Morgan fingerprint density at radius 2 is 1.80 bits per heavy atom. The topological polar surface area (TPSA) is 81.9 Å². The molecule has 3 aromatic rings. The van der Waals surface area contributed by atoms with Crippen molar-refractivity contribution in [3.8, 4) is 11.5 Å². The second-order valence-electron chi connectivity index (χ2n) is 6.95. The summed E-state index contributed by atoms with van der Waals surface area (Å²) in [5.41, 5.74) is 1.12. The number of nitrogens with zero attached hydrogens (tertiary/aromatic N) is 2. The van der Waals surface area contributed by atoms with Gasteiger partial charge in [-0.15, -0.1) is 0 Å². The van der Waals surface area contributed by atoms with E-state index >= 15 is 0 Å². The third-order valence-corrected chi connectivity index (χ3v) is 7.62. The maximum Gasteiger partial charge on any atom is 0.256 e. The summed E-state index contributed by atoms with van der Waals surface area (Å²) in [5, 5.41) is 0.496. The molecule has 1 saturated heterocycles. The molecule has 0 radical (unpaired) electrons. The SMILES string of the molecule is COc1ccc(OCCSc2nc3cc(S(=O)(=O)N4CCCCC4)ccc3o2)cc1. The smallest absolute Gasteiger partial charge is 0.256 e. The zero-order valence-electron chi connectivity index (χ0n) is 16.7. The first-order valence-corrected chi connectivity index (χ1v) is 12.3. The Labute approximate surface area is 180 Å². The quantitative estimate of drug-likeness (QED) is 0.378. The van der Waals surface area contributed by atoms with Gasteiger partial charge in [-0.3, -0.25) is 0 Å². The molecule has 2 aromatic carbocycles. The number of ether oxygens (including phenoxy) is 2. The van der Waals surface area contributed by atoms with Gasteiger partial charge in [0.25, 0.3) is 5.22 Å². The van der Waals surface area contributed by atoms with Crippen LogP contribution in [0.1, 0.15) is 19.3 Å². The van der Waals surface area contributed by atoms with E-state index in [1.54, 1.807) is 29.6 Å². The van der Waals surface area contributed by atoms with Crippen LogP contribution in [0.25, 0.3) is 11.1 Å². The lowest BCUT2D eigenvalue weighted by Crippen LogP contribution is -2.35. The van der Waals surface area contributed by atoms with Gasteiger partial charge in [-0.05, 0) is 55.3 Å². The number of fused-ring (bicyclic) bond motifs is 1. The molecular weight excluding hydrogens is 424 g/mol. The van der Waals surface area contributed by atoms with Crippen molar-refractivity contribution in [1.82, 2.24) is 9.29 Å². The van der Waals surface area contributed by atoms with E-state index < -0.39 is 10.0 Å². The average molecular weight is 449 g/mol. The number of sulfonamides is 1. The van der Waals surface area contributed by atoms with E-state index in [0.29, 0.717) is 41.8 Å². The fourth-order valence-electron chi connectivity index (χ4n) is 3.32. The third kappa shape index (κ3) is 4.74. The number of hydrogen-bond acceptors (Lipinski definition) is 7. The Balaban J connectivity index is 1.37. The third-order valence-electron chi connectivity index (χ3n) is 4.93. The molecule has 0 N–H and O–H groups in total. The van der Waals surface area contributed by atoms with Gasteiger partial charge in [-0.25, -0.2) is 13.4 Å². The molecule has 0 amide bonds. The normalized spacial score (nSPS) is 15.4. The molecule has 0 spiro atoms. The van der Waals surface area contributed by atoms with Crippen molar-refractivity contribution in [3.05, 3.63) is 42.5 Å². The van der Waals surface area contributed by atoms with E-state index in [-0.39, 0.29) is 4.90 Å². The molecular formula is C21H24N2O5S2. The molecule has 0 aliphatic carbocycles. The molecule has 1 aromatic heterocycles. The van der Waals surface area contributed by atoms with Gasteiger partial charge in [-0.1, -0.05) is 18.2 Å². The van der Waals surface area contributed by atoms with Crippen LogP contribution in [0.2, 0.25) is 0 Å². The molecule has 0 bridgehead atoms. The van der Waals surface area contributed by atoms with Gasteiger partial charge in [-0.2, -0.15) is 4.31 Å². The van der Waals surface area contributed by atoms with Crippen molar-refractivity contribution >= 4 is 32.9 Å². The number of thioether (sulfide) groups is 1. The summed E-state index contributed by atoms with van der Waals surface area (Å²) in [6.45, 7) is 1.65. The minimum absolute atomic E-state index is 0.268. The lowest BCUT2D eigenvalue weighted by molar-refractivity contribution is 0.342. The van der Waals surface area contributed by atoms with E-state index in [1.165, 1.54) is 11.8 Å². The molecule has 1 aliphatic heterocycles. The number of hydrogen-bond donors (Lipinski definition) is 0. The molecule has 7 nitrogen and oxygen atoms in total. The number of piperidine rings is 1. The van der Waals surface area contributed by atoms with Crippen molar-refractivity contribution in [3.63, 3.8) is 0 Å². The minimum atomic E-state index is -3.48. The molecule has 1 aliphatic rings. The zero-order valence-corrected chi connectivity index (χ0v) is 18.4. The Morgan fingerprint density at radius 1 is 1.07 bits per heavy atom. The maximum atomic E-state index is 12.9. The molecule has 0 saturated carbocycles. The van der Waals surface area contributed by atoms with Crippen molar-refractivity contribution in [1.29, 1.82) is 0 Å². The largest absolute Gasteiger partial charge is 0.497 e. The van der Waals surface area contributed by atoms with Gasteiger partial charge < -0.3 is 13.9 Å². The fourth-order valence-corrected chi connectivity index (χ4v) is 5.51.